The molecule has 2 aromatic rings. The van der Waals surface area contributed by atoms with E-state index in [9.17, 15) is 13.2 Å². The molecule has 0 atom stereocenters. The van der Waals surface area contributed by atoms with E-state index >= 15 is 0 Å². The SMILES string of the molecule is Cc1nccn1CC1CCN(C(=O)c2ccc(S(=O)(=O)N3CCCCC3)cc2)CC1. The zero-order chi connectivity index (χ0) is 21.1. The van der Waals surface area contributed by atoms with Gasteiger partial charge in [-0.25, -0.2) is 13.4 Å². The van der Waals surface area contributed by atoms with Crippen molar-refractivity contribution in [1.82, 2.24) is 18.8 Å². The lowest BCUT2D eigenvalue weighted by molar-refractivity contribution is 0.0682. The van der Waals surface area contributed by atoms with E-state index in [0.29, 0.717) is 24.6 Å². The molecule has 2 aliphatic rings. The molecule has 0 N–H and O–H groups in total. The Labute approximate surface area is 178 Å². The molecule has 4 rings (SSSR count). The van der Waals surface area contributed by atoms with Gasteiger partial charge in [-0.1, -0.05) is 6.42 Å². The number of imidazole rings is 1. The van der Waals surface area contributed by atoms with E-state index in [2.05, 4.69) is 9.55 Å². The number of sulfonamides is 1. The van der Waals surface area contributed by atoms with Gasteiger partial charge in [0.05, 0.1) is 4.90 Å². The van der Waals surface area contributed by atoms with Crippen molar-refractivity contribution in [2.24, 2.45) is 5.92 Å². The van der Waals surface area contributed by atoms with E-state index < -0.39 is 10.0 Å². The van der Waals surface area contributed by atoms with Gasteiger partial charge in [0.25, 0.3) is 5.91 Å². The number of nitrogens with zero attached hydrogens (tertiary/aromatic N) is 4. The van der Waals surface area contributed by atoms with E-state index in [0.717, 1.165) is 57.6 Å². The molecule has 0 radical (unpaired) electrons. The van der Waals surface area contributed by atoms with Gasteiger partial charge in [-0.3, -0.25) is 4.79 Å². The number of amides is 1. The van der Waals surface area contributed by atoms with Crippen molar-refractivity contribution in [3.8, 4) is 0 Å². The fourth-order valence-electron chi connectivity index (χ4n) is 4.40. The molecular weight excluding hydrogens is 400 g/mol. The third kappa shape index (κ3) is 4.44. The first-order chi connectivity index (χ1) is 14.4. The van der Waals surface area contributed by atoms with Gasteiger partial charge in [-0.15, -0.1) is 0 Å². The molecule has 1 aromatic heterocycles. The molecule has 0 spiro atoms. The fraction of sp³-hybridized carbons (Fsp3) is 0.545. The van der Waals surface area contributed by atoms with E-state index in [1.54, 1.807) is 28.6 Å². The highest BCUT2D eigenvalue weighted by atomic mass is 32.2. The van der Waals surface area contributed by atoms with Gasteiger partial charge >= 0.3 is 0 Å². The van der Waals surface area contributed by atoms with Gasteiger partial charge in [-0.05, 0) is 62.8 Å². The average molecular weight is 431 g/mol. The highest BCUT2D eigenvalue weighted by Crippen LogP contribution is 2.23. The quantitative estimate of drug-likeness (QED) is 0.731. The normalized spacial score (nSPS) is 19.2. The van der Waals surface area contributed by atoms with E-state index in [1.165, 1.54) is 0 Å². The number of carbonyl (C=O) groups excluding carboxylic acids is 1. The van der Waals surface area contributed by atoms with Gasteiger partial charge < -0.3 is 9.47 Å². The summed E-state index contributed by atoms with van der Waals surface area (Å²) in [5, 5.41) is 0. The summed E-state index contributed by atoms with van der Waals surface area (Å²) in [6, 6.07) is 6.46. The smallest absolute Gasteiger partial charge is 0.253 e. The summed E-state index contributed by atoms with van der Waals surface area (Å²) in [6.07, 6.45) is 8.65. The zero-order valence-electron chi connectivity index (χ0n) is 17.5. The maximum absolute atomic E-state index is 12.9. The molecule has 162 valence electrons. The number of hydrogen-bond acceptors (Lipinski definition) is 4. The Morgan fingerprint density at radius 1 is 1.03 bits per heavy atom. The van der Waals surface area contributed by atoms with Crippen LogP contribution in [0.2, 0.25) is 0 Å². The maximum Gasteiger partial charge on any atom is 0.253 e. The van der Waals surface area contributed by atoms with Crippen LogP contribution in [0.15, 0.2) is 41.6 Å². The minimum absolute atomic E-state index is 0.0193. The second kappa shape index (κ2) is 8.89. The van der Waals surface area contributed by atoms with E-state index in [-0.39, 0.29) is 10.8 Å². The molecule has 1 aromatic carbocycles. The predicted octanol–water partition coefficient (Wildman–Crippen LogP) is 2.92. The molecule has 3 heterocycles. The largest absolute Gasteiger partial charge is 0.339 e. The number of aryl methyl sites for hydroxylation is 1. The van der Waals surface area contributed by atoms with Crippen LogP contribution in [-0.4, -0.2) is 59.3 Å². The predicted molar refractivity (Wildman–Crippen MR) is 115 cm³/mol. The Kier molecular flexibility index (Phi) is 6.24. The average Bonchev–Trinajstić information content (AvgIpc) is 3.19. The van der Waals surface area contributed by atoms with Crippen LogP contribution >= 0.6 is 0 Å². The summed E-state index contributed by atoms with van der Waals surface area (Å²) in [4.78, 5) is 19.3. The molecule has 7 nitrogen and oxygen atoms in total. The Hall–Kier alpha value is -2.19. The number of aromatic nitrogens is 2. The molecule has 1 amide bonds. The van der Waals surface area contributed by atoms with Gasteiger partial charge in [0.1, 0.15) is 5.82 Å². The maximum atomic E-state index is 12.9. The molecule has 2 fully saturated rings. The minimum atomic E-state index is -3.46. The van der Waals surface area contributed by atoms with Crippen molar-refractivity contribution in [2.75, 3.05) is 26.2 Å². The molecule has 0 saturated carbocycles. The lowest BCUT2D eigenvalue weighted by Crippen LogP contribution is -2.39. The van der Waals surface area contributed by atoms with Crippen molar-refractivity contribution in [2.45, 2.75) is 50.5 Å². The van der Waals surface area contributed by atoms with Gasteiger partial charge in [0.15, 0.2) is 0 Å². The molecule has 2 aliphatic heterocycles. The molecular formula is C22H30N4O3S. The number of piperidine rings is 2. The summed E-state index contributed by atoms with van der Waals surface area (Å²) < 4.78 is 29.3. The monoisotopic (exact) mass is 430 g/mol. The van der Waals surface area contributed by atoms with Crippen LogP contribution in [-0.2, 0) is 16.6 Å². The van der Waals surface area contributed by atoms with Crippen LogP contribution in [0.5, 0.6) is 0 Å². The van der Waals surface area contributed by atoms with Gasteiger partial charge in [0, 0.05) is 50.7 Å². The third-order valence-corrected chi connectivity index (χ3v) is 8.25. The lowest BCUT2D eigenvalue weighted by Gasteiger charge is -2.32. The van der Waals surface area contributed by atoms with Crippen molar-refractivity contribution >= 4 is 15.9 Å². The van der Waals surface area contributed by atoms with Gasteiger partial charge in [0.2, 0.25) is 10.0 Å². The molecule has 8 heteroatoms. The second-order valence-electron chi connectivity index (χ2n) is 8.35. The molecule has 2 saturated heterocycles. The molecule has 0 aliphatic carbocycles. The van der Waals surface area contributed by atoms with E-state index in [1.807, 2.05) is 24.2 Å². The van der Waals surface area contributed by atoms with Crippen molar-refractivity contribution in [3.05, 3.63) is 48.0 Å². The van der Waals surface area contributed by atoms with Crippen molar-refractivity contribution < 1.29 is 13.2 Å². The standard InChI is InChI=1S/C22H30N4O3S/c1-18-23-11-16-25(18)17-19-9-14-24(15-10-19)22(27)20-5-7-21(8-6-20)30(28,29)26-12-3-2-4-13-26/h5-8,11,16,19H,2-4,9-10,12-15,17H2,1H3. The van der Waals surface area contributed by atoms with Gasteiger partial charge in [-0.2, -0.15) is 4.31 Å². The summed E-state index contributed by atoms with van der Waals surface area (Å²) in [5.74, 6) is 1.54. The van der Waals surface area contributed by atoms with Crippen LogP contribution in [0.25, 0.3) is 0 Å². The Balaban J connectivity index is 1.35. The van der Waals surface area contributed by atoms with Crippen LogP contribution < -0.4 is 0 Å². The van der Waals surface area contributed by atoms with E-state index in [4.69, 9.17) is 0 Å². The number of carbonyl (C=O) groups is 1. The van der Waals surface area contributed by atoms with Crippen LogP contribution in [0.3, 0.4) is 0 Å². The Morgan fingerprint density at radius 2 is 1.70 bits per heavy atom. The number of hydrogen-bond donors (Lipinski definition) is 0. The summed E-state index contributed by atoms with van der Waals surface area (Å²) in [6.45, 7) is 5.56. The lowest BCUT2D eigenvalue weighted by atomic mass is 9.96. The minimum Gasteiger partial charge on any atom is -0.339 e. The first-order valence-corrected chi connectivity index (χ1v) is 12.3. The molecule has 0 unspecified atom stereocenters. The summed E-state index contributed by atoms with van der Waals surface area (Å²) in [7, 11) is -3.46. The number of rotatable bonds is 5. The highest BCUT2D eigenvalue weighted by molar-refractivity contribution is 7.89. The zero-order valence-corrected chi connectivity index (χ0v) is 18.4. The van der Waals surface area contributed by atoms with Crippen molar-refractivity contribution in [3.63, 3.8) is 0 Å². The number of likely N-dealkylation sites (tertiary alicyclic amines) is 1. The summed E-state index contributed by atoms with van der Waals surface area (Å²) in [5.41, 5.74) is 0.552. The first kappa shape index (κ1) is 21.1. The van der Waals surface area contributed by atoms with Crippen LogP contribution in [0.1, 0.15) is 48.3 Å². The highest BCUT2D eigenvalue weighted by Gasteiger charge is 2.27. The Bertz CT molecular complexity index is 970. The Morgan fingerprint density at radius 3 is 2.30 bits per heavy atom. The third-order valence-electron chi connectivity index (χ3n) is 6.33. The number of benzene rings is 1. The topological polar surface area (TPSA) is 75.5 Å². The molecule has 0 bridgehead atoms. The second-order valence-corrected chi connectivity index (χ2v) is 10.3. The fourth-order valence-corrected chi connectivity index (χ4v) is 5.92. The van der Waals surface area contributed by atoms with Crippen molar-refractivity contribution in [1.29, 1.82) is 0 Å². The summed E-state index contributed by atoms with van der Waals surface area (Å²) >= 11 is 0. The molecule has 30 heavy (non-hydrogen) atoms. The first-order valence-electron chi connectivity index (χ1n) is 10.8. The van der Waals surface area contributed by atoms with Crippen LogP contribution in [0, 0.1) is 12.8 Å². The van der Waals surface area contributed by atoms with Crippen LogP contribution in [0.4, 0.5) is 0 Å².